The third-order valence-electron chi connectivity index (χ3n) is 4.95. The third-order valence-corrected chi connectivity index (χ3v) is 6.95. The maximum absolute atomic E-state index is 13.0. The van der Waals surface area contributed by atoms with Crippen LogP contribution >= 0.6 is 0 Å². The predicted molar refractivity (Wildman–Crippen MR) is 84.3 cm³/mol. The van der Waals surface area contributed by atoms with Crippen molar-refractivity contribution in [3.8, 4) is 0 Å². The molecule has 2 aliphatic rings. The number of nitrogens with zero attached hydrogens (tertiary/aromatic N) is 1. The molecule has 1 heterocycles. The van der Waals surface area contributed by atoms with E-state index in [1.165, 1.54) is 32.1 Å². The zero-order valence-corrected chi connectivity index (χ0v) is 13.2. The van der Waals surface area contributed by atoms with Crippen molar-refractivity contribution < 1.29 is 8.42 Å². The Kier molecular flexibility index (Phi) is 4.22. The number of benzene rings is 1. The van der Waals surface area contributed by atoms with Crippen LogP contribution in [0.15, 0.2) is 29.2 Å². The fourth-order valence-corrected chi connectivity index (χ4v) is 5.77. The molecule has 21 heavy (non-hydrogen) atoms. The molecule has 1 saturated carbocycles. The molecule has 2 N–H and O–H groups in total. The van der Waals surface area contributed by atoms with E-state index in [1.54, 1.807) is 28.6 Å². The molecule has 0 radical (unpaired) electrons. The summed E-state index contributed by atoms with van der Waals surface area (Å²) in [5.74, 6) is 0.529. The lowest BCUT2D eigenvalue weighted by Crippen LogP contribution is -2.40. The molecule has 3 rings (SSSR count). The summed E-state index contributed by atoms with van der Waals surface area (Å²) in [6.07, 6.45) is 8.07. The summed E-state index contributed by atoms with van der Waals surface area (Å²) in [6, 6.07) is 6.99. The normalized spacial score (nSPS) is 25.2. The molecule has 0 spiro atoms. The molecule has 5 heteroatoms. The van der Waals surface area contributed by atoms with Crippen LogP contribution in [0.1, 0.15) is 44.9 Å². The maximum atomic E-state index is 13.0. The van der Waals surface area contributed by atoms with E-state index in [9.17, 15) is 8.42 Å². The fourth-order valence-electron chi connectivity index (χ4n) is 3.90. The Morgan fingerprint density at radius 2 is 1.71 bits per heavy atom. The van der Waals surface area contributed by atoms with Crippen LogP contribution < -0.4 is 5.73 Å². The van der Waals surface area contributed by atoms with Crippen LogP contribution in [-0.2, 0) is 10.0 Å². The van der Waals surface area contributed by atoms with Crippen LogP contribution in [0.25, 0.3) is 0 Å². The number of nitrogen functional groups attached to an aromatic ring is 1. The van der Waals surface area contributed by atoms with Crippen molar-refractivity contribution in [2.24, 2.45) is 5.92 Å². The van der Waals surface area contributed by atoms with Crippen molar-refractivity contribution in [2.45, 2.75) is 55.9 Å². The van der Waals surface area contributed by atoms with Crippen LogP contribution in [0.2, 0.25) is 0 Å². The lowest BCUT2D eigenvalue weighted by molar-refractivity contribution is 0.226. The van der Waals surface area contributed by atoms with Gasteiger partial charge in [0.05, 0.1) is 5.69 Å². The largest absolute Gasteiger partial charge is 0.398 e. The number of hydrogen-bond donors (Lipinski definition) is 1. The topological polar surface area (TPSA) is 63.4 Å². The Bertz CT molecular complexity index is 594. The van der Waals surface area contributed by atoms with Gasteiger partial charge in [0.25, 0.3) is 0 Å². The molecule has 1 aromatic carbocycles. The van der Waals surface area contributed by atoms with Crippen molar-refractivity contribution in [3.05, 3.63) is 24.3 Å². The van der Waals surface area contributed by atoms with Gasteiger partial charge in [-0.3, -0.25) is 0 Å². The van der Waals surface area contributed by atoms with Crippen molar-refractivity contribution in [3.63, 3.8) is 0 Å². The monoisotopic (exact) mass is 308 g/mol. The Morgan fingerprint density at radius 3 is 2.43 bits per heavy atom. The summed E-state index contributed by atoms with van der Waals surface area (Å²) < 4.78 is 27.6. The van der Waals surface area contributed by atoms with Crippen LogP contribution in [0, 0.1) is 5.92 Å². The summed E-state index contributed by atoms with van der Waals surface area (Å²) in [6.45, 7) is 0.637. The summed E-state index contributed by atoms with van der Waals surface area (Å²) in [7, 11) is -3.46. The highest BCUT2D eigenvalue weighted by atomic mass is 32.2. The van der Waals surface area contributed by atoms with Gasteiger partial charge in [-0.25, -0.2) is 8.42 Å². The van der Waals surface area contributed by atoms with E-state index in [-0.39, 0.29) is 10.9 Å². The third kappa shape index (κ3) is 2.81. The maximum Gasteiger partial charge on any atom is 0.245 e. The molecule has 1 aliphatic heterocycles. The molecule has 1 aromatic rings. The van der Waals surface area contributed by atoms with Crippen LogP contribution in [0.4, 0.5) is 5.69 Å². The molecule has 0 amide bonds. The lowest BCUT2D eigenvalue weighted by Gasteiger charge is -2.33. The van der Waals surface area contributed by atoms with Gasteiger partial charge in [0.15, 0.2) is 0 Å². The number of sulfonamides is 1. The van der Waals surface area contributed by atoms with Crippen LogP contribution in [0.3, 0.4) is 0 Å². The van der Waals surface area contributed by atoms with Gasteiger partial charge in [0, 0.05) is 12.6 Å². The molecule has 1 aliphatic carbocycles. The highest BCUT2D eigenvalue weighted by molar-refractivity contribution is 7.89. The molecule has 4 nitrogen and oxygen atoms in total. The smallest absolute Gasteiger partial charge is 0.245 e. The summed E-state index contributed by atoms with van der Waals surface area (Å²) in [4.78, 5) is 0.271. The second-order valence-corrected chi connectivity index (χ2v) is 8.12. The van der Waals surface area contributed by atoms with Gasteiger partial charge < -0.3 is 5.73 Å². The molecular weight excluding hydrogens is 284 g/mol. The average Bonchev–Trinajstić information content (AvgIpc) is 2.99. The predicted octanol–water partition coefficient (Wildman–Crippen LogP) is 3.00. The highest BCUT2D eigenvalue weighted by Gasteiger charge is 2.40. The summed E-state index contributed by atoms with van der Waals surface area (Å²) in [5, 5.41) is 0. The standard InChI is InChI=1S/C16H24N2O2S/c17-14-9-4-5-11-16(14)21(19,20)18-12-6-10-15(18)13-7-2-1-3-8-13/h4-5,9,11,13,15H,1-3,6-8,10,12,17H2. The first-order valence-electron chi connectivity index (χ1n) is 7.97. The molecule has 1 unspecified atom stereocenters. The number of nitrogens with two attached hydrogens (primary N) is 1. The number of hydrogen-bond acceptors (Lipinski definition) is 3. The van der Waals surface area contributed by atoms with Crippen molar-refractivity contribution in [1.82, 2.24) is 4.31 Å². The fraction of sp³-hybridized carbons (Fsp3) is 0.625. The molecule has 0 aromatic heterocycles. The van der Waals surface area contributed by atoms with Crippen LogP contribution in [-0.4, -0.2) is 25.3 Å². The number of para-hydroxylation sites is 1. The van der Waals surface area contributed by atoms with Crippen molar-refractivity contribution in [2.75, 3.05) is 12.3 Å². The summed E-state index contributed by atoms with van der Waals surface area (Å²) in [5.41, 5.74) is 6.25. The molecule has 1 saturated heterocycles. The molecule has 0 bridgehead atoms. The second-order valence-electron chi connectivity index (χ2n) is 6.26. The quantitative estimate of drug-likeness (QED) is 0.873. The van der Waals surface area contributed by atoms with Gasteiger partial charge >= 0.3 is 0 Å². The Labute approximate surface area is 127 Å². The van der Waals surface area contributed by atoms with E-state index >= 15 is 0 Å². The van der Waals surface area contributed by atoms with Gasteiger partial charge in [-0.15, -0.1) is 0 Å². The highest BCUT2D eigenvalue weighted by Crippen LogP contribution is 2.37. The summed E-state index contributed by atoms with van der Waals surface area (Å²) >= 11 is 0. The minimum atomic E-state index is -3.46. The SMILES string of the molecule is Nc1ccccc1S(=O)(=O)N1CCCC1C1CCCCC1. The van der Waals surface area contributed by atoms with E-state index < -0.39 is 10.0 Å². The van der Waals surface area contributed by atoms with E-state index in [0.29, 0.717) is 18.2 Å². The van der Waals surface area contributed by atoms with Gasteiger partial charge in [0.1, 0.15) is 4.90 Å². The zero-order chi connectivity index (χ0) is 14.9. The van der Waals surface area contributed by atoms with Gasteiger partial charge in [-0.1, -0.05) is 31.4 Å². The number of rotatable bonds is 3. The first-order chi connectivity index (χ1) is 10.1. The molecule has 2 fully saturated rings. The Balaban J connectivity index is 1.89. The Hall–Kier alpha value is -1.07. The first kappa shape index (κ1) is 14.9. The average molecular weight is 308 g/mol. The van der Waals surface area contributed by atoms with E-state index in [0.717, 1.165) is 12.8 Å². The zero-order valence-electron chi connectivity index (χ0n) is 12.4. The van der Waals surface area contributed by atoms with Crippen molar-refractivity contribution in [1.29, 1.82) is 0 Å². The van der Waals surface area contributed by atoms with Gasteiger partial charge in [-0.2, -0.15) is 4.31 Å². The molecule has 116 valence electrons. The van der Waals surface area contributed by atoms with E-state index in [1.807, 2.05) is 0 Å². The first-order valence-corrected chi connectivity index (χ1v) is 9.41. The minimum absolute atomic E-state index is 0.176. The van der Waals surface area contributed by atoms with Crippen molar-refractivity contribution >= 4 is 15.7 Å². The number of anilines is 1. The van der Waals surface area contributed by atoms with Gasteiger partial charge in [-0.05, 0) is 43.7 Å². The minimum Gasteiger partial charge on any atom is -0.398 e. The second kappa shape index (κ2) is 5.97. The van der Waals surface area contributed by atoms with E-state index in [4.69, 9.17) is 5.73 Å². The van der Waals surface area contributed by atoms with Crippen LogP contribution in [0.5, 0.6) is 0 Å². The lowest BCUT2D eigenvalue weighted by atomic mass is 9.83. The Morgan fingerprint density at radius 1 is 1.00 bits per heavy atom. The molecular formula is C16H24N2O2S. The van der Waals surface area contributed by atoms with E-state index in [2.05, 4.69) is 0 Å². The molecule has 1 atom stereocenters. The van der Waals surface area contributed by atoms with Gasteiger partial charge in [0.2, 0.25) is 10.0 Å².